The Morgan fingerprint density at radius 1 is 0.970 bits per heavy atom. The van der Waals surface area contributed by atoms with Crippen LogP contribution in [0.2, 0.25) is 0 Å². The van der Waals surface area contributed by atoms with Crippen LogP contribution in [-0.2, 0) is 16.6 Å². The number of nitrogens with two attached hydrogens (primary N) is 1. The monoisotopic (exact) mass is 463 g/mol. The third kappa shape index (κ3) is 4.38. The van der Waals surface area contributed by atoms with Gasteiger partial charge in [-0.05, 0) is 30.3 Å². The van der Waals surface area contributed by atoms with Crippen LogP contribution in [0.1, 0.15) is 0 Å². The lowest BCUT2D eigenvalue weighted by atomic mass is 10.0. The number of hydrogen-bond donors (Lipinski definition) is 1. The van der Waals surface area contributed by atoms with Gasteiger partial charge in [0, 0.05) is 22.9 Å². The van der Waals surface area contributed by atoms with Crippen molar-refractivity contribution >= 4 is 21.1 Å². The number of aromatic nitrogens is 4. The summed E-state index contributed by atoms with van der Waals surface area (Å²) in [4.78, 5) is 8.72. The molecule has 5 aromatic rings. The van der Waals surface area contributed by atoms with Crippen LogP contribution in [0.3, 0.4) is 0 Å². The first kappa shape index (κ1) is 21.0. The maximum absolute atomic E-state index is 13.5. The van der Waals surface area contributed by atoms with Gasteiger partial charge in [0.2, 0.25) is 15.7 Å². The number of sulfonamides is 1. The fourth-order valence-electron chi connectivity index (χ4n) is 3.57. The van der Waals surface area contributed by atoms with E-state index in [1.54, 1.807) is 18.3 Å². The fraction of sp³-hybridized carbons (Fsp3) is 0.0870. The molecule has 2 aromatic carbocycles. The predicted octanol–water partition coefficient (Wildman–Crippen LogP) is 3.85. The van der Waals surface area contributed by atoms with E-state index in [4.69, 9.17) is 9.56 Å². The standard InChI is InChI=1S/C23H18FN5O3S/c24-17-8-6-16(7-9-17)21-19(13-29(28-21)10-11-33(25,30)31)22-18-12-20(15-4-2-1-3-5-15)32-23(18)27-14-26-22/h1-9,12-14H,10-11H2,(H2,25,30,31). The molecule has 0 fully saturated rings. The number of halogens is 1. The summed E-state index contributed by atoms with van der Waals surface area (Å²) in [5, 5.41) is 10.4. The molecule has 0 bridgehead atoms. The quantitative estimate of drug-likeness (QED) is 0.409. The van der Waals surface area contributed by atoms with Gasteiger partial charge >= 0.3 is 0 Å². The molecule has 8 nitrogen and oxygen atoms in total. The summed E-state index contributed by atoms with van der Waals surface area (Å²) in [6, 6.07) is 17.3. The number of primary sulfonamides is 1. The summed E-state index contributed by atoms with van der Waals surface area (Å²) >= 11 is 0. The number of fused-ring (bicyclic) bond motifs is 1. The highest BCUT2D eigenvalue weighted by Crippen LogP contribution is 2.36. The molecule has 0 atom stereocenters. The number of furan rings is 1. The van der Waals surface area contributed by atoms with E-state index >= 15 is 0 Å². The molecule has 0 radical (unpaired) electrons. The van der Waals surface area contributed by atoms with Crippen LogP contribution >= 0.6 is 0 Å². The summed E-state index contributed by atoms with van der Waals surface area (Å²) in [5.74, 6) is -0.0157. The van der Waals surface area contributed by atoms with E-state index in [1.807, 2.05) is 36.4 Å². The molecule has 0 saturated carbocycles. The van der Waals surface area contributed by atoms with E-state index < -0.39 is 10.0 Å². The average Bonchev–Trinajstić information content (AvgIpc) is 3.43. The first-order valence-corrected chi connectivity index (χ1v) is 11.7. The molecule has 33 heavy (non-hydrogen) atoms. The van der Waals surface area contributed by atoms with Crippen molar-refractivity contribution in [1.29, 1.82) is 0 Å². The molecule has 10 heteroatoms. The number of rotatable bonds is 6. The van der Waals surface area contributed by atoms with Crippen molar-refractivity contribution in [3.63, 3.8) is 0 Å². The second-order valence-electron chi connectivity index (χ2n) is 7.45. The Hall–Kier alpha value is -3.89. The first-order chi connectivity index (χ1) is 15.9. The van der Waals surface area contributed by atoms with Gasteiger partial charge in [-0.15, -0.1) is 0 Å². The molecule has 0 amide bonds. The minimum Gasteiger partial charge on any atom is -0.438 e. The van der Waals surface area contributed by atoms with Gasteiger partial charge in [-0.3, -0.25) is 4.68 Å². The summed E-state index contributed by atoms with van der Waals surface area (Å²) in [6.07, 6.45) is 3.09. The van der Waals surface area contributed by atoms with Gasteiger partial charge in [0.05, 0.1) is 23.4 Å². The van der Waals surface area contributed by atoms with Crippen LogP contribution in [0.4, 0.5) is 4.39 Å². The lowest BCUT2D eigenvalue weighted by Crippen LogP contribution is -2.20. The highest BCUT2D eigenvalue weighted by molar-refractivity contribution is 7.89. The van der Waals surface area contributed by atoms with Crippen molar-refractivity contribution in [3.05, 3.63) is 79.0 Å². The second kappa shape index (κ2) is 8.23. The molecule has 3 aromatic heterocycles. The molecular weight excluding hydrogens is 445 g/mol. The fourth-order valence-corrected chi connectivity index (χ4v) is 4.01. The van der Waals surface area contributed by atoms with Gasteiger partial charge in [0.25, 0.3) is 0 Å². The third-order valence-electron chi connectivity index (χ3n) is 5.13. The highest BCUT2D eigenvalue weighted by Gasteiger charge is 2.20. The molecule has 2 N–H and O–H groups in total. The zero-order valence-corrected chi connectivity index (χ0v) is 18.0. The van der Waals surface area contributed by atoms with E-state index in [0.29, 0.717) is 39.4 Å². The smallest absolute Gasteiger partial charge is 0.230 e. The zero-order chi connectivity index (χ0) is 23.0. The number of benzene rings is 2. The predicted molar refractivity (Wildman–Crippen MR) is 122 cm³/mol. The van der Waals surface area contributed by atoms with Gasteiger partial charge in [-0.25, -0.2) is 27.9 Å². The van der Waals surface area contributed by atoms with Gasteiger partial charge in [0.15, 0.2) is 0 Å². The first-order valence-electron chi connectivity index (χ1n) is 10.0. The molecule has 3 heterocycles. The highest BCUT2D eigenvalue weighted by atomic mass is 32.2. The Morgan fingerprint density at radius 2 is 1.73 bits per heavy atom. The molecule has 0 unspecified atom stereocenters. The molecule has 0 aliphatic heterocycles. The lowest BCUT2D eigenvalue weighted by molar-refractivity contribution is 0.582. The molecular formula is C23H18FN5O3S. The second-order valence-corrected chi connectivity index (χ2v) is 9.18. The van der Waals surface area contributed by atoms with Crippen LogP contribution < -0.4 is 5.14 Å². The van der Waals surface area contributed by atoms with Gasteiger partial charge < -0.3 is 4.42 Å². The Balaban J connectivity index is 1.66. The SMILES string of the molecule is NS(=O)(=O)CCn1cc(-c2ncnc3oc(-c4ccccc4)cc23)c(-c2ccc(F)cc2)n1. The van der Waals surface area contributed by atoms with Gasteiger partial charge in [-0.2, -0.15) is 5.10 Å². The van der Waals surface area contributed by atoms with Crippen molar-refractivity contribution in [2.45, 2.75) is 6.54 Å². The number of aryl methyl sites for hydroxylation is 1. The van der Waals surface area contributed by atoms with Gasteiger partial charge in [-0.1, -0.05) is 30.3 Å². The lowest BCUT2D eigenvalue weighted by Gasteiger charge is -2.03. The van der Waals surface area contributed by atoms with Crippen molar-refractivity contribution in [3.8, 4) is 33.8 Å². The summed E-state index contributed by atoms with van der Waals surface area (Å²) < 4.78 is 43.9. The minimum absolute atomic E-state index is 0.0574. The van der Waals surface area contributed by atoms with E-state index in [1.165, 1.54) is 23.1 Å². The molecule has 0 spiro atoms. The van der Waals surface area contributed by atoms with Crippen molar-refractivity contribution < 1.29 is 17.2 Å². The normalized spacial score (nSPS) is 11.8. The van der Waals surface area contributed by atoms with E-state index in [-0.39, 0.29) is 18.1 Å². The molecule has 166 valence electrons. The average molecular weight is 463 g/mol. The summed E-state index contributed by atoms with van der Waals surface area (Å²) in [7, 11) is -3.67. The molecule has 0 aliphatic rings. The third-order valence-corrected chi connectivity index (χ3v) is 5.88. The van der Waals surface area contributed by atoms with Crippen molar-refractivity contribution in [2.24, 2.45) is 5.14 Å². The van der Waals surface area contributed by atoms with Crippen LogP contribution in [0.15, 0.2) is 77.6 Å². The number of hydrogen-bond acceptors (Lipinski definition) is 6. The maximum Gasteiger partial charge on any atom is 0.230 e. The van der Waals surface area contributed by atoms with E-state index in [0.717, 1.165) is 5.56 Å². The van der Waals surface area contributed by atoms with Crippen LogP contribution in [0.25, 0.3) is 44.9 Å². The van der Waals surface area contributed by atoms with Crippen molar-refractivity contribution in [2.75, 3.05) is 5.75 Å². The Kier molecular flexibility index (Phi) is 5.23. The van der Waals surface area contributed by atoms with Crippen LogP contribution in [0, 0.1) is 5.82 Å². The Labute approximate surface area is 188 Å². The summed E-state index contributed by atoms with van der Waals surface area (Å²) in [5.41, 5.74) is 3.66. The molecule has 0 saturated heterocycles. The maximum atomic E-state index is 13.5. The zero-order valence-electron chi connectivity index (χ0n) is 17.2. The number of nitrogens with zero attached hydrogens (tertiary/aromatic N) is 4. The van der Waals surface area contributed by atoms with Crippen LogP contribution in [0.5, 0.6) is 0 Å². The van der Waals surface area contributed by atoms with Crippen LogP contribution in [-0.4, -0.2) is 33.9 Å². The molecule has 0 aliphatic carbocycles. The van der Waals surface area contributed by atoms with Gasteiger partial charge in [0.1, 0.15) is 23.6 Å². The largest absolute Gasteiger partial charge is 0.438 e. The van der Waals surface area contributed by atoms with Crippen molar-refractivity contribution in [1.82, 2.24) is 19.7 Å². The topological polar surface area (TPSA) is 117 Å². The minimum atomic E-state index is -3.67. The Morgan fingerprint density at radius 3 is 2.45 bits per heavy atom. The molecule has 5 rings (SSSR count). The summed E-state index contributed by atoms with van der Waals surface area (Å²) in [6.45, 7) is 0.0574. The van der Waals surface area contributed by atoms with E-state index in [9.17, 15) is 12.8 Å². The van der Waals surface area contributed by atoms with E-state index in [2.05, 4.69) is 15.1 Å². The Bertz CT molecular complexity index is 1540.